The highest BCUT2D eigenvalue weighted by atomic mass is 16.5. The monoisotopic (exact) mass is 259 g/mol. The molecule has 1 N–H and O–H groups in total. The summed E-state index contributed by atoms with van der Waals surface area (Å²) in [5.74, 6) is 0.876. The molecule has 0 aliphatic carbocycles. The van der Waals surface area contributed by atoms with Gasteiger partial charge in [-0.3, -0.25) is 4.98 Å². The molecule has 1 aromatic carbocycles. The molecule has 0 saturated carbocycles. The largest absolute Gasteiger partial charge is 0.492 e. The Morgan fingerprint density at radius 3 is 2.95 bits per heavy atom. The second kappa shape index (κ2) is 7.07. The predicted molar refractivity (Wildman–Crippen MR) is 78.7 cm³/mol. The maximum atomic E-state index is 5.71. The lowest BCUT2D eigenvalue weighted by Crippen LogP contribution is -2.29. The maximum Gasteiger partial charge on any atom is 0.121 e. The quantitative estimate of drug-likeness (QED) is 0.769. The van der Waals surface area contributed by atoms with Gasteiger partial charge >= 0.3 is 0 Å². The number of aromatic nitrogens is 1. The van der Waals surface area contributed by atoms with Gasteiger partial charge in [-0.15, -0.1) is 0 Å². The molecule has 4 heteroatoms. The van der Waals surface area contributed by atoms with Crippen LogP contribution < -0.4 is 10.1 Å². The van der Waals surface area contributed by atoms with Crippen LogP contribution in [-0.2, 0) is 0 Å². The maximum absolute atomic E-state index is 5.71. The van der Waals surface area contributed by atoms with E-state index in [1.165, 1.54) is 0 Å². The summed E-state index contributed by atoms with van der Waals surface area (Å²) in [5.41, 5.74) is 0.973. The van der Waals surface area contributed by atoms with Gasteiger partial charge in [-0.25, -0.2) is 0 Å². The minimum absolute atomic E-state index is 0.672. The van der Waals surface area contributed by atoms with E-state index in [9.17, 15) is 0 Å². The highest BCUT2D eigenvalue weighted by Gasteiger charge is 1.98. The first-order valence-corrected chi connectivity index (χ1v) is 6.59. The standard InChI is InChI=1S/C15H21N3O/c1-18(2)10-8-16-9-11-19-14-6-5-13-4-3-7-17-15(13)12-14/h3-7,12,16H,8-11H2,1-2H3. The van der Waals surface area contributed by atoms with E-state index in [4.69, 9.17) is 4.74 Å². The zero-order valence-corrected chi connectivity index (χ0v) is 11.6. The van der Waals surface area contributed by atoms with Crippen LogP contribution in [-0.4, -0.2) is 50.2 Å². The number of rotatable bonds is 7. The van der Waals surface area contributed by atoms with Crippen molar-refractivity contribution in [1.82, 2.24) is 15.2 Å². The fourth-order valence-electron chi connectivity index (χ4n) is 1.80. The van der Waals surface area contributed by atoms with Gasteiger partial charge in [-0.1, -0.05) is 6.07 Å². The second-order valence-corrected chi connectivity index (χ2v) is 4.76. The molecule has 0 spiro atoms. The van der Waals surface area contributed by atoms with Crippen molar-refractivity contribution in [3.05, 3.63) is 36.5 Å². The lowest BCUT2D eigenvalue weighted by molar-refractivity contribution is 0.309. The molecule has 0 atom stereocenters. The van der Waals surface area contributed by atoms with Crippen molar-refractivity contribution < 1.29 is 4.74 Å². The Bertz CT molecular complexity index is 513. The number of hydrogen-bond donors (Lipinski definition) is 1. The minimum atomic E-state index is 0.672. The molecule has 0 bridgehead atoms. The summed E-state index contributed by atoms with van der Waals surface area (Å²) in [5, 5.41) is 4.48. The number of ether oxygens (including phenoxy) is 1. The van der Waals surface area contributed by atoms with Gasteiger partial charge in [0.2, 0.25) is 0 Å². The molecule has 4 nitrogen and oxygen atoms in total. The fourth-order valence-corrected chi connectivity index (χ4v) is 1.80. The van der Waals surface area contributed by atoms with Crippen molar-refractivity contribution in [3.8, 4) is 5.75 Å². The summed E-state index contributed by atoms with van der Waals surface area (Å²) in [6.45, 7) is 3.55. The molecule has 0 aliphatic heterocycles. The van der Waals surface area contributed by atoms with Gasteiger partial charge in [0.15, 0.2) is 0 Å². The van der Waals surface area contributed by atoms with Crippen LogP contribution in [0.3, 0.4) is 0 Å². The van der Waals surface area contributed by atoms with Gasteiger partial charge in [0, 0.05) is 37.3 Å². The number of nitrogens with zero attached hydrogens (tertiary/aromatic N) is 2. The first kappa shape index (κ1) is 13.8. The van der Waals surface area contributed by atoms with Gasteiger partial charge in [0.25, 0.3) is 0 Å². The van der Waals surface area contributed by atoms with Crippen molar-refractivity contribution in [2.75, 3.05) is 40.3 Å². The molecule has 0 fully saturated rings. The lowest BCUT2D eigenvalue weighted by atomic mass is 10.2. The Kier molecular flexibility index (Phi) is 5.12. The number of benzene rings is 1. The van der Waals surface area contributed by atoms with Gasteiger partial charge in [-0.05, 0) is 32.3 Å². The SMILES string of the molecule is CN(C)CCNCCOc1ccc2cccnc2c1. The Morgan fingerprint density at radius 1 is 1.21 bits per heavy atom. The molecule has 0 unspecified atom stereocenters. The van der Waals surface area contributed by atoms with Crippen LogP contribution in [0.1, 0.15) is 0 Å². The molecule has 19 heavy (non-hydrogen) atoms. The summed E-state index contributed by atoms with van der Waals surface area (Å²) in [6, 6.07) is 10.0. The van der Waals surface area contributed by atoms with Gasteiger partial charge in [0.1, 0.15) is 12.4 Å². The van der Waals surface area contributed by atoms with Crippen molar-refractivity contribution in [1.29, 1.82) is 0 Å². The Balaban J connectivity index is 1.75. The van der Waals surface area contributed by atoms with Crippen LogP contribution in [0.15, 0.2) is 36.5 Å². The van der Waals surface area contributed by atoms with E-state index < -0.39 is 0 Å². The average Bonchev–Trinajstić information content (AvgIpc) is 2.42. The summed E-state index contributed by atoms with van der Waals surface area (Å²) in [7, 11) is 4.14. The Hall–Kier alpha value is -1.65. The zero-order chi connectivity index (χ0) is 13.5. The molecule has 2 aromatic rings. The number of likely N-dealkylation sites (N-methyl/N-ethyl adjacent to an activating group) is 1. The van der Waals surface area contributed by atoms with E-state index in [1.807, 2.05) is 24.3 Å². The molecule has 0 amide bonds. The second-order valence-electron chi connectivity index (χ2n) is 4.76. The average molecular weight is 259 g/mol. The van der Waals surface area contributed by atoms with Crippen molar-refractivity contribution in [3.63, 3.8) is 0 Å². The highest BCUT2D eigenvalue weighted by Crippen LogP contribution is 2.18. The molecule has 2 rings (SSSR count). The highest BCUT2D eigenvalue weighted by molar-refractivity contribution is 5.79. The predicted octanol–water partition coefficient (Wildman–Crippen LogP) is 1.76. The first-order chi connectivity index (χ1) is 9.25. The molecule has 102 valence electrons. The zero-order valence-electron chi connectivity index (χ0n) is 11.6. The number of nitrogens with one attached hydrogen (secondary N) is 1. The smallest absolute Gasteiger partial charge is 0.121 e. The van der Waals surface area contributed by atoms with Gasteiger partial charge < -0.3 is 15.0 Å². The molecular formula is C15H21N3O. The molecule has 1 aromatic heterocycles. The molecule has 0 aliphatic rings. The third-order valence-electron chi connectivity index (χ3n) is 2.86. The van der Waals surface area contributed by atoms with Crippen LogP contribution in [0.25, 0.3) is 10.9 Å². The van der Waals surface area contributed by atoms with Crippen LogP contribution in [0.5, 0.6) is 5.75 Å². The van der Waals surface area contributed by atoms with E-state index in [2.05, 4.69) is 35.4 Å². The molecule has 1 heterocycles. The molecule has 0 radical (unpaired) electrons. The first-order valence-electron chi connectivity index (χ1n) is 6.59. The number of hydrogen-bond acceptors (Lipinski definition) is 4. The summed E-state index contributed by atoms with van der Waals surface area (Å²) in [6.07, 6.45) is 1.80. The van der Waals surface area contributed by atoms with Crippen LogP contribution in [0, 0.1) is 0 Å². The summed E-state index contributed by atoms with van der Waals surface area (Å²) >= 11 is 0. The lowest BCUT2D eigenvalue weighted by Gasteiger charge is -2.11. The third kappa shape index (κ3) is 4.50. The van der Waals surface area contributed by atoms with E-state index in [0.29, 0.717) is 6.61 Å². The van der Waals surface area contributed by atoms with E-state index in [-0.39, 0.29) is 0 Å². The van der Waals surface area contributed by atoms with Crippen LogP contribution in [0.4, 0.5) is 0 Å². The summed E-state index contributed by atoms with van der Waals surface area (Å²) in [4.78, 5) is 6.47. The normalized spacial score (nSPS) is 11.1. The number of fused-ring (bicyclic) bond motifs is 1. The van der Waals surface area contributed by atoms with Crippen molar-refractivity contribution >= 4 is 10.9 Å². The Labute approximate surface area is 114 Å². The minimum Gasteiger partial charge on any atom is -0.492 e. The van der Waals surface area contributed by atoms with Crippen molar-refractivity contribution in [2.45, 2.75) is 0 Å². The van der Waals surface area contributed by atoms with Crippen molar-refractivity contribution in [2.24, 2.45) is 0 Å². The van der Waals surface area contributed by atoms with Crippen LogP contribution >= 0.6 is 0 Å². The Morgan fingerprint density at radius 2 is 2.11 bits per heavy atom. The topological polar surface area (TPSA) is 37.4 Å². The van der Waals surface area contributed by atoms with Crippen LogP contribution in [0.2, 0.25) is 0 Å². The van der Waals surface area contributed by atoms with E-state index >= 15 is 0 Å². The molecule has 0 saturated heterocycles. The number of pyridine rings is 1. The molecular weight excluding hydrogens is 238 g/mol. The van der Waals surface area contributed by atoms with Gasteiger partial charge in [0.05, 0.1) is 5.52 Å². The van der Waals surface area contributed by atoms with E-state index in [1.54, 1.807) is 6.20 Å². The fraction of sp³-hybridized carbons (Fsp3) is 0.400. The summed E-state index contributed by atoms with van der Waals surface area (Å²) < 4.78 is 5.71. The van der Waals surface area contributed by atoms with E-state index in [0.717, 1.165) is 36.3 Å². The third-order valence-corrected chi connectivity index (χ3v) is 2.86. The van der Waals surface area contributed by atoms with Gasteiger partial charge in [-0.2, -0.15) is 0 Å².